The summed E-state index contributed by atoms with van der Waals surface area (Å²) < 4.78 is 0. The third kappa shape index (κ3) is 7.15. The van der Waals surface area contributed by atoms with Crippen molar-refractivity contribution >= 4 is 11.9 Å². The van der Waals surface area contributed by atoms with Gasteiger partial charge in [-0.2, -0.15) is 0 Å². The first-order chi connectivity index (χ1) is 13.7. The van der Waals surface area contributed by atoms with Gasteiger partial charge in [-0.15, -0.1) is 0 Å². The first kappa shape index (κ1) is 22.2. The van der Waals surface area contributed by atoms with Crippen molar-refractivity contribution in [3.05, 3.63) is 35.4 Å². The summed E-state index contributed by atoms with van der Waals surface area (Å²) in [4.78, 5) is 18.7. The molecule has 3 N–H and O–H groups in total. The van der Waals surface area contributed by atoms with Crippen molar-refractivity contribution in [1.82, 2.24) is 15.5 Å². The number of nitrogens with one attached hydrogen (secondary N) is 2. The van der Waals surface area contributed by atoms with Crippen molar-refractivity contribution < 1.29 is 9.90 Å². The normalized spacial score (nSPS) is 15.8. The van der Waals surface area contributed by atoms with Gasteiger partial charge in [-0.3, -0.25) is 4.79 Å². The molecule has 1 heterocycles. The Balaban J connectivity index is 2.00. The Morgan fingerprint density at radius 1 is 1.21 bits per heavy atom. The molecule has 0 bridgehead atoms. The first-order valence-electron chi connectivity index (χ1n) is 10.7. The fourth-order valence-corrected chi connectivity index (χ4v) is 3.63. The smallest absolute Gasteiger partial charge is 0.222 e. The van der Waals surface area contributed by atoms with E-state index in [0.717, 1.165) is 56.8 Å². The van der Waals surface area contributed by atoms with E-state index in [0.29, 0.717) is 25.4 Å². The molecule has 1 unspecified atom stereocenters. The summed E-state index contributed by atoms with van der Waals surface area (Å²) in [6, 6.07) is 8.24. The van der Waals surface area contributed by atoms with Gasteiger partial charge in [-0.1, -0.05) is 37.6 Å². The predicted octanol–water partition coefficient (Wildman–Crippen LogP) is 2.66. The molecule has 1 atom stereocenters. The fourth-order valence-electron chi connectivity index (χ4n) is 3.63. The number of hydrogen-bond acceptors (Lipinski definition) is 3. The van der Waals surface area contributed by atoms with Crippen molar-refractivity contribution in [3.63, 3.8) is 0 Å². The van der Waals surface area contributed by atoms with E-state index in [-0.39, 0.29) is 12.5 Å². The fraction of sp³-hybridized carbons (Fsp3) is 0.636. The molecule has 0 aromatic heterocycles. The summed E-state index contributed by atoms with van der Waals surface area (Å²) in [5, 5.41) is 16.0. The van der Waals surface area contributed by atoms with Gasteiger partial charge >= 0.3 is 0 Å². The lowest BCUT2D eigenvalue weighted by Crippen LogP contribution is -2.40. The number of amides is 1. The van der Waals surface area contributed by atoms with E-state index in [1.165, 1.54) is 5.56 Å². The lowest BCUT2D eigenvalue weighted by Gasteiger charge is -2.19. The number of carbonyl (C=O) groups is 1. The molecule has 1 saturated heterocycles. The molecular weight excluding hydrogens is 352 g/mol. The second-order valence-corrected chi connectivity index (χ2v) is 7.43. The Labute approximate surface area is 169 Å². The first-order valence-corrected chi connectivity index (χ1v) is 10.7. The highest BCUT2D eigenvalue weighted by molar-refractivity contribution is 5.80. The van der Waals surface area contributed by atoms with Crippen LogP contribution in [0.25, 0.3) is 0 Å². The van der Waals surface area contributed by atoms with Crippen LogP contribution < -0.4 is 10.6 Å². The number of aliphatic imine (C=N–C) groups is 1. The highest BCUT2D eigenvalue weighted by atomic mass is 16.3. The molecule has 28 heavy (non-hydrogen) atoms. The maximum atomic E-state index is 12.0. The van der Waals surface area contributed by atoms with Crippen LogP contribution in [0.2, 0.25) is 0 Å². The van der Waals surface area contributed by atoms with Gasteiger partial charge in [0.05, 0.1) is 6.54 Å². The van der Waals surface area contributed by atoms with Crippen LogP contribution in [0.15, 0.2) is 29.3 Å². The number of hydrogen-bond donors (Lipinski definition) is 3. The number of rotatable bonds is 11. The highest BCUT2D eigenvalue weighted by Gasteiger charge is 2.20. The molecule has 2 rings (SSSR count). The molecule has 0 saturated carbocycles. The molecule has 1 fully saturated rings. The van der Waals surface area contributed by atoms with Gasteiger partial charge in [-0.05, 0) is 43.2 Å². The van der Waals surface area contributed by atoms with Crippen LogP contribution >= 0.6 is 0 Å². The van der Waals surface area contributed by atoms with E-state index in [2.05, 4.69) is 36.6 Å². The summed E-state index contributed by atoms with van der Waals surface area (Å²) >= 11 is 0. The molecular formula is C22H36N4O2. The van der Waals surface area contributed by atoms with E-state index >= 15 is 0 Å². The maximum absolute atomic E-state index is 12.0. The Morgan fingerprint density at radius 3 is 2.64 bits per heavy atom. The van der Waals surface area contributed by atoms with Crippen molar-refractivity contribution in [3.8, 4) is 0 Å². The average molecular weight is 389 g/mol. The topological polar surface area (TPSA) is 77.0 Å². The lowest BCUT2D eigenvalue weighted by atomic mass is 10.0. The SMILES string of the molecule is CCCC(CCO)CNC(=NCc1ccccc1CN1CCCC1=O)NCC. The van der Waals surface area contributed by atoms with Crippen LogP contribution in [-0.4, -0.2) is 48.1 Å². The summed E-state index contributed by atoms with van der Waals surface area (Å²) in [5.41, 5.74) is 2.32. The van der Waals surface area contributed by atoms with Gasteiger partial charge in [0.15, 0.2) is 5.96 Å². The number of benzene rings is 1. The van der Waals surface area contributed by atoms with E-state index in [1.807, 2.05) is 17.0 Å². The minimum absolute atomic E-state index is 0.225. The minimum atomic E-state index is 0.225. The van der Waals surface area contributed by atoms with E-state index in [1.54, 1.807) is 0 Å². The van der Waals surface area contributed by atoms with Crippen molar-refractivity contribution in [1.29, 1.82) is 0 Å². The van der Waals surface area contributed by atoms with Gasteiger partial charge in [-0.25, -0.2) is 4.99 Å². The van der Waals surface area contributed by atoms with E-state index in [9.17, 15) is 9.90 Å². The standard InChI is InChI=1S/C22H36N4O2/c1-3-8-18(12-14-27)15-24-22(23-4-2)25-16-19-9-5-6-10-20(19)17-26-13-7-11-21(26)28/h5-6,9-10,18,27H,3-4,7-8,11-17H2,1-2H3,(H2,23,24,25). The third-order valence-corrected chi connectivity index (χ3v) is 5.20. The Morgan fingerprint density at radius 2 is 2.00 bits per heavy atom. The minimum Gasteiger partial charge on any atom is -0.396 e. The van der Waals surface area contributed by atoms with Gasteiger partial charge < -0.3 is 20.6 Å². The van der Waals surface area contributed by atoms with Gasteiger partial charge in [0, 0.05) is 39.2 Å². The molecule has 1 aromatic carbocycles. The highest BCUT2D eigenvalue weighted by Crippen LogP contribution is 2.18. The largest absolute Gasteiger partial charge is 0.396 e. The summed E-state index contributed by atoms with van der Waals surface area (Å²) in [6.07, 6.45) is 4.65. The monoisotopic (exact) mass is 388 g/mol. The van der Waals surface area contributed by atoms with Crippen LogP contribution in [0.5, 0.6) is 0 Å². The number of nitrogens with zero attached hydrogens (tertiary/aromatic N) is 2. The second kappa shape index (κ2) is 12.4. The maximum Gasteiger partial charge on any atom is 0.222 e. The Hall–Kier alpha value is -2.08. The van der Waals surface area contributed by atoms with E-state index < -0.39 is 0 Å². The molecule has 1 aromatic rings. The molecule has 6 heteroatoms. The predicted molar refractivity (Wildman–Crippen MR) is 114 cm³/mol. The van der Waals surface area contributed by atoms with Crippen LogP contribution in [0.4, 0.5) is 0 Å². The third-order valence-electron chi connectivity index (χ3n) is 5.20. The molecule has 6 nitrogen and oxygen atoms in total. The van der Waals surface area contributed by atoms with Gasteiger partial charge in [0.25, 0.3) is 0 Å². The number of likely N-dealkylation sites (tertiary alicyclic amines) is 1. The Kier molecular flexibility index (Phi) is 9.83. The van der Waals surface area contributed by atoms with Crippen molar-refractivity contribution in [2.45, 2.75) is 59.0 Å². The number of aliphatic hydroxyl groups is 1. The van der Waals surface area contributed by atoms with Crippen LogP contribution in [0.3, 0.4) is 0 Å². The van der Waals surface area contributed by atoms with Gasteiger partial charge in [0.1, 0.15) is 0 Å². The summed E-state index contributed by atoms with van der Waals surface area (Å²) in [6.45, 7) is 8.16. The number of guanidine groups is 1. The van der Waals surface area contributed by atoms with Crippen molar-refractivity contribution in [2.24, 2.45) is 10.9 Å². The summed E-state index contributed by atoms with van der Waals surface area (Å²) in [5.74, 6) is 1.50. The quantitative estimate of drug-likeness (QED) is 0.402. The van der Waals surface area contributed by atoms with Crippen LogP contribution in [0, 0.1) is 5.92 Å². The zero-order valence-electron chi connectivity index (χ0n) is 17.4. The van der Waals surface area contributed by atoms with Crippen molar-refractivity contribution in [2.75, 3.05) is 26.2 Å². The summed E-state index contributed by atoms with van der Waals surface area (Å²) in [7, 11) is 0. The van der Waals surface area contributed by atoms with Crippen LogP contribution in [-0.2, 0) is 17.9 Å². The number of carbonyl (C=O) groups excluding carboxylic acids is 1. The molecule has 0 spiro atoms. The zero-order chi connectivity index (χ0) is 20.2. The Bertz CT molecular complexity index is 627. The molecule has 0 aliphatic carbocycles. The average Bonchev–Trinajstić information content (AvgIpc) is 3.10. The molecule has 1 aliphatic heterocycles. The molecule has 1 aliphatic rings. The molecule has 1 amide bonds. The zero-order valence-corrected chi connectivity index (χ0v) is 17.4. The van der Waals surface area contributed by atoms with E-state index in [4.69, 9.17) is 4.99 Å². The molecule has 0 radical (unpaired) electrons. The van der Waals surface area contributed by atoms with Gasteiger partial charge in [0.2, 0.25) is 5.91 Å². The molecule has 156 valence electrons. The van der Waals surface area contributed by atoms with Crippen LogP contribution in [0.1, 0.15) is 57.1 Å². The number of aliphatic hydroxyl groups excluding tert-OH is 1. The lowest BCUT2D eigenvalue weighted by molar-refractivity contribution is -0.128. The second-order valence-electron chi connectivity index (χ2n) is 7.43.